The number of anilines is 1. The number of benzene rings is 2. The van der Waals surface area contributed by atoms with Crippen molar-refractivity contribution in [3.05, 3.63) is 76.7 Å². The number of tetrazole rings is 1. The van der Waals surface area contributed by atoms with Gasteiger partial charge in [0.2, 0.25) is 5.91 Å². The van der Waals surface area contributed by atoms with Crippen LogP contribution in [0, 0.1) is 26.6 Å². The van der Waals surface area contributed by atoms with Crippen molar-refractivity contribution in [2.45, 2.75) is 27.4 Å². The molecule has 0 aliphatic heterocycles. The largest absolute Gasteiger partial charge is 0.493 e. The van der Waals surface area contributed by atoms with Gasteiger partial charge < -0.3 is 19.3 Å². The summed E-state index contributed by atoms with van der Waals surface area (Å²) in [5, 5.41) is 17.7. The monoisotopic (exact) mass is 478 g/mol. The number of amides is 1. The molecule has 0 radical (unpaired) electrons. The van der Waals surface area contributed by atoms with Gasteiger partial charge in [0, 0.05) is 11.8 Å². The Morgan fingerprint density at radius 2 is 2.00 bits per heavy atom. The molecule has 0 saturated heterocycles. The number of ether oxygens (including phenoxy) is 2. The van der Waals surface area contributed by atoms with Crippen LogP contribution < -0.4 is 14.8 Å². The van der Waals surface area contributed by atoms with E-state index in [0.29, 0.717) is 35.4 Å². The minimum Gasteiger partial charge on any atom is -0.493 e. The number of aromatic nitrogens is 5. The van der Waals surface area contributed by atoms with Crippen LogP contribution in [0.2, 0.25) is 0 Å². The highest BCUT2D eigenvalue weighted by Gasteiger charge is 2.13. The Hall–Kier alpha value is -4.54. The van der Waals surface area contributed by atoms with Crippen LogP contribution in [0.5, 0.6) is 11.5 Å². The van der Waals surface area contributed by atoms with Crippen LogP contribution in [0.3, 0.4) is 0 Å². The molecule has 0 atom stereocenters. The van der Waals surface area contributed by atoms with Gasteiger partial charge in [-0.15, -0.1) is 5.10 Å². The average Bonchev–Trinajstić information content (AvgIpc) is 3.42. The Morgan fingerprint density at radius 3 is 2.69 bits per heavy atom. The molecular weight excluding hydrogens is 455 g/mol. The van der Waals surface area contributed by atoms with Crippen molar-refractivity contribution in [2.75, 3.05) is 12.4 Å². The second kappa shape index (κ2) is 10.2. The predicted octanol–water partition coefficient (Wildman–Crippen LogP) is 3.95. The molecule has 0 saturated carbocycles. The fourth-order valence-electron chi connectivity index (χ4n) is 3.33. The number of rotatable bonds is 8. The van der Waals surface area contributed by atoms with E-state index in [1.807, 2.05) is 13.8 Å². The number of methoxy groups -OCH3 is 1. The molecule has 0 unspecified atom stereocenters. The van der Waals surface area contributed by atoms with Gasteiger partial charge in [-0.3, -0.25) is 4.79 Å². The molecule has 10 nitrogen and oxygen atoms in total. The number of hydrogen-bond donors (Lipinski definition) is 1. The number of halogens is 1. The summed E-state index contributed by atoms with van der Waals surface area (Å²) in [7, 11) is 1.54. The molecule has 2 heterocycles. The summed E-state index contributed by atoms with van der Waals surface area (Å²) >= 11 is 0. The molecule has 0 bridgehead atoms. The van der Waals surface area contributed by atoms with Crippen LogP contribution in [0.25, 0.3) is 11.8 Å². The molecule has 1 N–H and O–H groups in total. The molecular formula is C24H23FN6O4. The second-order valence-corrected chi connectivity index (χ2v) is 7.63. The van der Waals surface area contributed by atoms with Crippen molar-refractivity contribution in [3.8, 4) is 17.2 Å². The fourth-order valence-corrected chi connectivity index (χ4v) is 3.33. The van der Waals surface area contributed by atoms with E-state index >= 15 is 0 Å². The highest BCUT2D eigenvalue weighted by atomic mass is 19.1. The van der Waals surface area contributed by atoms with Crippen LogP contribution in [0.4, 0.5) is 10.1 Å². The van der Waals surface area contributed by atoms with Gasteiger partial charge in [0.1, 0.15) is 23.9 Å². The summed E-state index contributed by atoms with van der Waals surface area (Å²) in [6.07, 6.45) is 3.00. The molecule has 0 aliphatic rings. The first-order valence-electron chi connectivity index (χ1n) is 10.6. The van der Waals surface area contributed by atoms with E-state index in [-0.39, 0.29) is 5.69 Å². The van der Waals surface area contributed by atoms with Crippen molar-refractivity contribution in [1.82, 2.24) is 25.4 Å². The van der Waals surface area contributed by atoms with Crippen LogP contribution in [-0.2, 0) is 11.4 Å². The smallest absolute Gasteiger partial charge is 0.248 e. The first kappa shape index (κ1) is 23.6. The lowest BCUT2D eigenvalue weighted by atomic mass is 10.1. The van der Waals surface area contributed by atoms with Gasteiger partial charge in [0.05, 0.1) is 18.4 Å². The molecule has 180 valence electrons. The molecule has 4 aromatic rings. The predicted molar refractivity (Wildman–Crippen MR) is 125 cm³/mol. The Balaban J connectivity index is 1.43. The molecule has 2 aromatic carbocycles. The van der Waals surface area contributed by atoms with Crippen LogP contribution in [-0.4, -0.2) is 38.4 Å². The van der Waals surface area contributed by atoms with E-state index in [2.05, 4.69) is 26.0 Å². The van der Waals surface area contributed by atoms with Gasteiger partial charge in [-0.1, -0.05) is 11.2 Å². The maximum Gasteiger partial charge on any atom is 0.248 e. The normalized spacial score (nSPS) is 11.1. The lowest BCUT2D eigenvalue weighted by Gasteiger charge is -2.11. The Labute approximate surface area is 200 Å². The van der Waals surface area contributed by atoms with Crippen LogP contribution in [0.1, 0.15) is 28.4 Å². The zero-order valence-corrected chi connectivity index (χ0v) is 19.6. The van der Waals surface area contributed by atoms with E-state index < -0.39 is 11.7 Å². The molecule has 2 aromatic heterocycles. The second-order valence-electron chi connectivity index (χ2n) is 7.63. The first-order valence-corrected chi connectivity index (χ1v) is 10.6. The molecule has 0 aliphatic carbocycles. The van der Waals surface area contributed by atoms with Gasteiger partial charge in [0.15, 0.2) is 17.3 Å². The highest BCUT2D eigenvalue weighted by molar-refractivity contribution is 6.02. The number of nitrogens with one attached hydrogen (secondary N) is 1. The van der Waals surface area contributed by atoms with E-state index in [9.17, 15) is 9.18 Å². The minimum absolute atomic E-state index is 0.131. The van der Waals surface area contributed by atoms with Gasteiger partial charge in [-0.05, 0) is 73.2 Å². The van der Waals surface area contributed by atoms with Crippen molar-refractivity contribution in [2.24, 2.45) is 0 Å². The fraction of sp³-hybridized carbons (Fsp3) is 0.208. The lowest BCUT2D eigenvalue weighted by Crippen LogP contribution is -2.09. The third-order valence-electron chi connectivity index (χ3n) is 5.24. The first-order chi connectivity index (χ1) is 16.9. The molecule has 0 fully saturated rings. The van der Waals surface area contributed by atoms with Gasteiger partial charge in [-0.2, -0.15) is 4.68 Å². The molecule has 0 spiro atoms. The third-order valence-corrected chi connectivity index (χ3v) is 5.24. The SMILES string of the molecule is COc1cc(/C=C/C(=O)Nc2ccc(F)c(-n3nnnc3C)c2)ccc1OCc1c(C)noc1C. The topological polar surface area (TPSA) is 117 Å². The number of carbonyl (C=O) groups is 1. The number of carbonyl (C=O) groups excluding carboxylic acids is 1. The molecule has 11 heteroatoms. The molecule has 35 heavy (non-hydrogen) atoms. The molecule has 4 rings (SSSR count). The van der Waals surface area contributed by atoms with E-state index in [0.717, 1.165) is 16.8 Å². The average molecular weight is 478 g/mol. The van der Waals surface area contributed by atoms with E-state index in [4.69, 9.17) is 14.0 Å². The summed E-state index contributed by atoms with van der Waals surface area (Å²) in [6, 6.07) is 9.46. The van der Waals surface area contributed by atoms with Crippen molar-refractivity contribution in [1.29, 1.82) is 0 Å². The highest BCUT2D eigenvalue weighted by Crippen LogP contribution is 2.30. The molecule has 1 amide bonds. The Bertz CT molecular complexity index is 1380. The maximum atomic E-state index is 14.2. The number of hydrogen-bond acceptors (Lipinski definition) is 8. The summed E-state index contributed by atoms with van der Waals surface area (Å²) < 4.78 is 31.9. The zero-order chi connectivity index (χ0) is 24.9. The van der Waals surface area contributed by atoms with Gasteiger partial charge in [-0.25, -0.2) is 4.39 Å². The number of nitrogens with zero attached hydrogens (tertiary/aromatic N) is 5. The summed E-state index contributed by atoms with van der Waals surface area (Å²) in [5.74, 6) is 1.27. The van der Waals surface area contributed by atoms with Gasteiger partial charge in [0.25, 0.3) is 0 Å². The van der Waals surface area contributed by atoms with Crippen molar-refractivity contribution < 1.29 is 23.2 Å². The maximum absolute atomic E-state index is 14.2. The Morgan fingerprint density at radius 1 is 1.17 bits per heavy atom. The summed E-state index contributed by atoms with van der Waals surface area (Å²) in [5.41, 5.74) is 2.91. The van der Waals surface area contributed by atoms with E-state index in [1.54, 1.807) is 31.2 Å². The standard InChI is InChI=1S/C24H23FN6O4/c1-14-19(15(2)35-28-14)13-34-22-9-5-17(11-23(22)33-4)6-10-24(32)26-18-7-8-20(25)21(12-18)31-16(3)27-29-30-31/h5-12H,13H2,1-4H3,(H,26,32)/b10-6+. The Kier molecular flexibility index (Phi) is 6.86. The third kappa shape index (κ3) is 5.35. The summed E-state index contributed by atoms with van der Waals surface area (Å²) in [6.45, 7) is 5.62. The van der Waals surface area contributed by atoms with E-state index in [1.165, 1.54) is 36.1 Å². The summed E-state index contributed by atoms with van der Waals surface area (Å²) in [4.78, 5) is 12.4. The zero-order valence-electron chi connectivity index (χ0n) is 19.6. The van der Waals surface area contributed by atoms with Gasteiger partial charge >= 0.3 is 0 Å². The quantitative estimate of drug-likeness (QED) is 0.378. The van der Waals surface area contributed by atoms with Crippen molar-refractivity contribution >= 4 is 17.7 Å². The lowest BCUT2D eigenvalue weighted by molar-refractivity contribution is -0.111. The van der Waals surface area contributed by atoms with Crippen molar-refractivity contribution in [3.63, 3.8) is 0 Å². The number of aryl methyl sites for hydroxylation is 3. The minimum atomic E-state index is -0.516. The van der Waals surface area contributed by atoms with Crippen LogP contribution in [0.15, 0.2) is 47.0 Å². The van der Waals surface area contributed by atoms with Crippen LogP contribution >= 0.6 is 0 Å².